The standard InChI is InChI=1S/C21H30F2N6O/c1-24-18-16-5-8-29(19(16)26-14-25-18)17-4-3-15(30-17)11-28-13-21(22,23)12-20(28)6-9-27(2)10-7-20/h5,8,14-15,17H,3-4,6-7,9-13H2,1-2H3,(H,24,25,26). The Morgan fingerprint density at radius 3 is 2.80 bits per heavy atom. The summed E-state index contributed by atoms with van der Waals surface area (Å²) in [5.41, 5.74) is 0.450. The number of nitrogens with one attached hydrogen (secondary N) is 1. The number of rotatable bonds is 4. The van der Waals surface area contributed by atoms with Gasteiger partial charge in [-0.15, -0.1) is 0 Å². The number of ether oxygens (including phenoxy) is 1. The Labute approximate surface area is 175 Å². The Morgan fingerprint density at radius 1 is 1.23 bits per heavy atom. The highest BCUT2D eigenvalue weighted by atomic mass is 19.3. The minimum Gasteiger partial charge on any atom is -0.372 e. The molecule has 2 unspecified atom stereocenters. The molecule has 2 aromatic heterocycles. The second-order valence-corrected chi connectivity index (χ2v) is 9.16. The van der Waals surface area contributed by atoms with Crippen LogP contribution >= 0.6 is 0 Å². The molecule has 0 bridgehead atoms. The lowest BCUT2D eigenvalue weighted by atomic mass is 9.84. The Balaban J connectivity index is 1.31. The zero-order valence-electron chi connectivity index (χ0n) is 17.7. The van der Waals surface area contributed by atoms with Gasteiger partial charge in [0.1, 0.15) is 24.0 Å². The molecule has 164 valence electrons. The summed E-state index contributed by atoms with van der Waals surface area (Å²) in [6, 6.07) is 1.99. The van der Waals surface area contributed by atoms with Gasteiger partial charge in [0.05, 0.1) is 18.0 Å². The van der Waals surface area contributed by atoms with Crippen molar-refractivity contribution < 1.29 is 13.5 Å². The van der Waals surface area contributed by atoms with E-state index in [1.54, 1.807) is 6.33 Å². The summed E-state index contributed by atoms with van der Waals surface area (Å²) in [7, 11) is 3.91. The normalized spacial score (nSPS) is 29.2. The first kappa shape index (κ1) is 20.1. The molecule has 0 radical (unpaired) electrons. The first-order chi connectivity index (χ1) is 14.4. The monoisotopic (exact) mass is 420 g/mol. The average molecular weight is 421 g/mol. The fourth-order valence-corrected chi connectivity index (χ4v) is 5.56. The highest BCUT2D eigenvalue weighted by Gasteiger charge is 2.55. The van der Waals surface area contributed by atoms with E-state index in [9.17, 15) is 8.78 Å². The van der Waals surface area contributed by atoms with Crippen LogP contribution in [0.5, 0.6) is 0 Å². The van der Waals surface area contributed by atoms with E-state index in [4.69, 9.17) is 4.74 Å². The van der Waals surface area contributed by atoms with Gasteiger partial charge in [0.25, 0.3) is 5.92 Å². The van der Waals surface area contributed by atoms with Crippen LogP contribution < -0.4 is 5.32 Å². The third kappa shape index (κ3) is 3.46. The fraction of sp³-hybridized carbons (Fsp3) is 0.714. The van der Waals surface area contributed by atoms with E-state index >= 15 is 0 Å². The van der Waals surface area contributed by atoms with Crippen LogP contribution in [0.3, 0.4) is 0 Å². The van der Waals surface area contributed by atoms with Gasteiger partial charge in [-0.3, -0.25) is 4.90 Å². The Hall–Kier alpha value is -1.84. The highest BCUT2D eigenvalue weighted by Crippen LogP contribution is 2.46. The molecule has 9 heteroatoms. The van der Waals surface area contributed by atoms with Gasteiger partial charge in [-0.2, -0.15) is 0 Å². The number of hydrogen-bond donors (Lipinski definition) is 1. The lowest BCUT2D eigenvalue weighted by molar-refractivity contribution is -0.0343. The maximum atomic E-state index is 14.4. The first-order valence-corrected chi connectivity index (χ1v) is 10.9. The average Bonchev–Trinajstić information content (AvgIpc) is 3.40. The van der Waals surface area contributed by atoms with Crippen LogP contribution in [-0.4, -0.2) is 82.2 Å². The van der Waals surface area contributed by atoms with Gasteiger partial charge < -0.3 is 19.5 Å². The number of halogens is 2. The predicted molar refractivity (Wildman–Crippen MR) is 111 cm³/mol. The third-order valence-corrected chi connectivity index (χ3v) is 7.16. The minimum absolute atomic E-state index is 0.0179. The lowest BCUT2D eigenvalue weighted by Gasteiger charge is -2.44. The molecule has 3 fully saturated rings. The largest absolute Gasteiger partial charge is 0.372 e. The Morgan fingerprint density at radius 2 is 2.03 bits per heavy atom. The zero-order valence-corrected chi connectivity index (χ0v) is 17.7. The van der Waals surface area contributed by atoms with E-state index in [1.807, 2.05) is 28.8 Å². The van der Waals surface area contributed by atoms with E-state index < -0.39 is 5.92 Å². The molecule has 1 N–H and O–H groups in total. The van der Waals surface area contributed by atoms with Crippen molar-refractivity contribution in [3.63, 3.8) is 0 Å². The van der Waals surface area contributed by atoms with Crippen LogP contribution in [0, 0.1) is 0 Å². The van der Waals surface area contributed by atoms with E-state index in [0.29, 0.717) is 6.54 Å². The number of anilines is 1. The van der Waals surface area contributed by atoms with Crippen molar-refractivity contribution in [1.29, 1.82) is 0 Å². The summed E-state index contributed by atoms with van der Waals surface area (Å²) < 4.78 is 37.2. The van der Waals surface area contributed by atoms with Crippen LogP contribution in [0.15, 0.2) is 18.6 Å². The molecule has 0 amide bonds. The van der Waals surface area contributed by atoms with Gasteiger partial charge in [-0.1, -0.05) is 0 Å². The molecule has 7 nitrogen and oxygen atoms in total. The van der Waals surface area contributed by atoms with Gasteiger partial charge in [0.2, 0.25) is 0 Å². The topological polar surface area (TPSA) is 58.5 Å². The SMILES string of the molecule is CNc1ncnc2c1ccn2C1CCC(CN2CC(F)(F)CC23CCN(C)CC3)O1. The number of aromatic nitrogens is 3. The van der Waals surface area contributed by atoms with Crippen LogP contribution in [-0.2, 0) is 4.74 Å². The first-order valence-electron chi connectivity index (χ1n) is 10.9. The summed E-state index contributed by atoms with van der Waals surface area (Å²) in [6.07, 6.45) is 6.69. The number of likely N-dealkylation sites (tertiary alicyclic amines) is 2. The van der Waals surface area contributed by atoms with Crippen LogP contribution in [0.1, 0.15) is 38.3 Å². The van der Waals surface area contributed by atoms with Gasteiger partial charge in [0.15, 0.2) is 0 Å². The summed E-state index contributed by atoms with van der Waals surface area (Å²) in [4.78, 5) is 13.0. The van der Waals surface area contributed by atoms with Gasteiger partial charge in [0, 0.05) is 31.7 Å². The molecular weight excluding hydrogens is 390 g/mol. The second kappa shape index (κ2) is 7.39. The molecule has 2 aromatic rings. The van der Waals surface area contributed by atoms with Crippen molar-refractivity contribution in [2.45, 2.75) is 55.9 Å². The number of fused-ring (bicyclic) bond motifs is 1. The minimum atomic E-state index is -2.61. The maximum absolute atomic E-state index is 14.4. The smallest absolute Gasteiger partial charge is 0.262 e. The van der Waals surface area contributed by atoms with Crippen LogP contribution in [0.4, 0.5) is 14.6 Å². The van der Waals surface area contributed by atoms with E-state index in [1.165, 1.54) is 0 Å². The number of alkyl halides is 2. The number of piperidine rings is 1. The molecule has 1 spiro atoms. The fourth-order valence-electron chi connectivity index (χ4n) is 5.56. The molecule has 30 heavy (non-hydrogen) atoms. The highest BCUT2D eigenvalue weighted by molar-refractivity contribution is 5.87. The number of nitrogens with zero attached hydrogens (tertiary/aromatic N) is 5. The summed E-state index contributed by atoms with van der Waals surface area (Å²) >= 11 is 0. The predicted octanol–water partition coefficient (Wildman–Crippen LogP) is 2.96. The van der Waals surface area contributed by atoms with Crippen molar-refractivity contribution in [1.82, 2.24) is 24.3 Å². The summed E-state index contributed by atoms with van der Waals surface area (Å²) in [5.74, 6) is -1.82. The van der Waals surface area contributed by atoms with E-state index in [2.05, 4.69) is 27.2 Å². The van der Waals surface area contributed by atoms with Gasteiger partial charge in [-0.05, 0) is 51.9 Å². The second-order valence-electron chi connectivity index (χ2n) is 9.16. The lowest BCUT2D eigenvalue weighted by Crippen LogP contribution is -2.53. The summed E-state index contributed by atoms with van der Waals surface area (Å²) in [5, 5.41) is 4.04. The maximum Gasteiger partial charge on any atom is 0.262 e. The van der Waals surface area contributed by atoms with Gasteiger partial charge in [-0.25, -0.2) is 18.7 Å². The van der Waals surface area contributed by atoms with Crippen molar-refractivity contribution in [2.75, 3.05) is 45.6 Å². The van der Waals surface area contributed by atoms with Crippen molar-refractivity contribution >= 4 is 16.9 Å². The molecule has 0 aromatic carbocycles. The van der Waals surface area contributed by atoms with E-state index in [-0.39, 0.29) is 30.8 Å². The summed E-state index contributed by atoms with van der Waals surface area (Å²) in [6.45, 7) is 2.19. The molecule has 3 aliphatic rings. The molecule has 5 rings (SSSR count). The van der Waals surface area contributed by atoms with Crippen molar-refractivity contribution in [3.8, 4) is 0 Å². The van der Waals surface area contributed by atoms with Crippen LogP contribution in [0.2, 0.25) is 0 Å². The molecule has 2 atom stereocenters. The molecule has 0 aliphatic carbocycles. The molecule has 3 saturated heterocycles. The zero-order chi connectivity index (χ0) is 20.9. The number of hydrogen-bond acceptors (Lipinski definition) is 6. The molecule has 5 heterocycles. The van der Waals surface area contributed by atoms with Crippen molar-refractivity contribution in [2.24, 2.45) is 0 Å². The molecule has 3 aliphatic heterocycles. The van der Waals surface area contributed by atoms with Crippen LogP contribution in [0.25, 0.3) is 11.0 Å². The third-order valence-electron chi connectivity index (χ3n) is 7.16. The molecule has 0 saturated carbocycles. The quantitative estimate of drug-likeness (QED) is 0.821. The van der Waals surface area contributed by atoms with E-state index in [0.717, 1.165) is 55.6 Å². The molecular formula is C21H30F2N6O. The van der Waals surface area contributed by atoms with Crippen molar-refractivity contribution in [3.05, 3.63) is 18.6 Å². The Kier molecular flexibility index (Phi) is 4.95. The Bertz CT molecular complexity index is 910. The van der Waals surface area contributed by atoms with Gasteiger partial charge >= 0.3 is 0 Å².